The van der Waals surface area contributed by atoms with Crippen LogP contribution in [-0.2, 0) is 7.05 Å². The summed E-state index contributed by atoms with van der Waals surface area (Å²) in [5, 5.41) is 3.36. The third-order valence-electron chi connectivity index (χ3n) is 3.99. The lowest BCUT2D eigenvalue weighted by Gasteiger charge is -2.41. The first kappa shape index (κ1) is 13.6. The molecule has 1 aliphatic rings. The number of likely N-dealkylation sites (tertiary alicyclic amines) is 1. The van der Waals surface area contributed by atoms with Crippen molar-refractivity contribution in [2.24, 2.45) is 13.0 Å². The van der Waals surface area contributed by atoms with E-state index in [1.165, 1.54) is 38.0 Å². The van der Waals surface area contributed by atoms with Crippen LogP contribution in [0.4, 0.5) is 0 Å². The van der Waals surface area contributed by atoms with Gasteiger partial charge >= 0.3 is 0 Å². The minimum absolute atomic E-state index is 0.527. The van der Waals surface area contributed by atoms with Crippen LogP contribution in [0.25, 0.3) is 0 Å². The summed E-state index contributed by atoms with van der Waals surface area (Å²) in [4.78, 5) is 6.94. The van der Waals surface area contributed by atoms with E-state index in [2.05, 4.69) is 40.8 Å². The number of aryl methyl sites for hydroxylation is 1. The van der Waals surface area contributed by atoms with Crippen LogP contribution in [0.3, 0.4) is 0 Å². The van der Waals surface area contributed by atoms with E-state index in [1.807, 2.05) is 12.5 Å². The van der Waals surface area contributed by atoms with Crippen LogP contribution in [0.5, 0.6) is 0 Å². The summed E-state index contributed by atoms with van der Waals surface area (Å²) in [6.07, 6.45) is 7.82. The fourth-order valence-electron chi connectivity index (χ4n) is 3.25. The van der Waals surface area contributed by atoms with Crippen molar-refractivity contribution in [3.8, 4) is 0 Å². The molecule has 18 heavy (non-hydrogen) atoms. The van der Waals surface area contributed by atoms with E-state index in [1.54, 1.807) is 0 Å². The molecule has 1 aromatic rings. The van der Waals surface area contributed by atoms with Crippen molar-refractivity contribution in [3.05, 3.63) is 18.2 Å². The molecule has 1 saturated heterocycles. The quantitative estimate of drug-likeness (QED) is 0.865. The molecule has 1 aromatic heterocycles. The van der Waals surface area contributed by atoms with Crippen LogP contribution < -0.4 is 5.32 Å². The second kappa shape index (κ2) is 6.34. The Morgan fingerprint density at radius 1 is 1.50 bits per heavy atom. The van der Waals surface area contributed by atoms with Gasteiger partial charge in [0.15, 0.2) is 0 Å². The zero-order chi connectivity index (χ0) is 13.0. The molecule has 4 nitrogen and oxygen atoms in total. The van der Waals surface area contributed by atoms with E-state index in [4.69, 9.17) is 0 Å². The normalized spacial score (nSPS) is 25.5. The summed E-state index contributed by atoms with van der Waals surface area (Å²) in [6.45, 7) is 5.78. The molecule has 4 heteroatoms. The van der Waals surface area contributed by atoms with Crippen LogP contribution in [0, 0.1) is 5.92 Å². The van der Waals surface area contributed by atoms with E-state index < -0.39 is 0 Å². The van der Waals surface area contributed by atoms with Crippen LogP contribution in [0.15, 0.2) is 12.5 Å². The van der Waals surface area contributed by atoms with E-state index >= 15 is 0 Å². The molecule has 2 unspecified atom stereocenters. The van der Waals surface area contributed by atoms with Crippen LogP contribution in [-0.4, -0.2) is 41.1 Å². The highest BCUT2D eigenvalue weighted by molar-refractivity contribution is 5.09. The summed E-state index contributed by atoms with van der Waals surface area (Å²) < 4.78 is 2.18. The van der Waals surface area contributed by atoms with Crippen LogP contribution in [0.2, 0.25) is 0 Å². The second-order valence-corrected chi connectivity index (χ2v) is 5.37. The predicted octanol–water partition coefficient (Wildman–Crippen LogP) is 1.80. The van der Waals surface area contributed by atoms with Crippen molar-refractivity contribution in [1.82, 2.24) is 19.8 Å². The molecule has 2 atom stereocenters. The van der Waals surface area contributed by atoms with Crippen molar-refractivity contribution in [1.29, 1.82) is 0 Å². The highest BCUT2D eigenvalue weighted by Gasteiger charge is 2.33. The Labute approximate surface area is 110 Å². The number of hydrogen-bond donors (Lipinski definition) is 1. The number of nitrogens with zero attached hydrogens (tertiary/aromatic N) is 3. The number of hydrogen-bond acceptors (Lipinski definition) is 3. The fourth-order valence-corrected chi connectivity index (χ4v) is 3.25. The van der Waals surface area contributed by atoms with Gasteiger partial charge in [0.05, 0.1) is 18.1 Å². The average molecular weight is 250 g/mol. The number of aromatic nitrogens is 2. The van der Waals surface area contributed by atoms with E-state index in [-0.39, 0.29) is 0 Å². The zero-order valence-electron chi connectivity index (χ0n) is 11.9. The lowest BCUT2D eigenvalue weighted by Crippen LogP contribution is -2.43. The highest BCUT2D eigenvalue weighted by Crippen LogP contribution is 2.35. The Balaban J connectivity index is 2.23. The summed E-state index contributed by atoms with van der Waals surface area (Å²) in [5.41, 5.74) is 1.36. The number of piperidine rings is 1. The molecule has 2 rings (SSSR count). The average Bonchev–Trinajstić information content (AvgIpc) is 2.77. The monoisotopic (exact) mass is 250 g/mol. The molecule has 2 heterocycles. The standard InChI is InChI=1S/C14H26N4/c1-4-7-18-8-5-6-12(9-15-2)14(18)13-10-16-11-17(13)3/h10-12,14-15H,4-9H2,1-3H3. The maximum Gasteiger partial charge on any atom is 0.0946 e. The molecular formula is C14H26N4. The van der Waals surface area contributed by atoms with E-state index in [0.717, 1.165) is 6.54 Å². The zero-order valence-corrected chi connectivity index (χ0v) is 11.9. The molecule has 0 amide bonds. The SMILES string of the molecule is CCCN1CCCC(CNC)C1c1cncn1C. The fraction of sp³-hybridized carbons (Fsp3) is 0.786. The molecule has 0 aromatic carbocycles. The van der Waals surface area contributed by atoms with Gasteiger partial charge in [-0.3, -0.25) is 4.90 Å². The van der Waals surface area contributed by atoms with Gasteiger partial charge in [0.1, 0.15) is 0 Å². The third kappa shape index (κ3) is 2.75. The molecule has 1 fully saturated rings. The third-order valence-corrected chi connectivity index (χ3v) is 3.99. The number of nitrogens with one attached hydrogen (secondary N) is 1. The van der Waals surface area contributed by atoms with E-state index in [9.17, 15) is 0 Å². The lowest BCUT2D eigenvalue weighted by atomic mass is 9.87. The summed E-state index contributed by atoms with van der Waals surface area (Å²) in [6, 6.07) is 0.527. The number of imidazole rings is 1. The summed E-state index contributed by atoms with van der Waals surface area (Å²) >= 11 is 0. The maximum atomic E-state index is 4.30. The van der Waals surface area contributed by atoms with Gasteiger partial charge in [0, 0.05) is 13.2 Å². The van der Waals surface area contributed by atoms with Gasteiger partial charge in [-0.05, 0) is 51.9 Å². The van der Waals surface area contributed by atoms with Crippen LogP contribution in [0.1, 0.15) is 37.9 Å². The molecule has 1 N–H and O–H groups in total. The Morgan fingerprint density at radius 3 is 2.94 bits per heavy atom. The van der Waals surface area contributed by atoms with Crippen molar-refractivity contribution in [2.45, 2.75) is 32.2 Å². The molecule has 1 aliphatic heterocycles. The van der Waals surface area contributed by atoms with Crippen molar-refractivity contribution < 1.29 is 0 Å². The minimum Gasteiger partial charge on any atom is -0.336 e. The largest absolute Gasteiger partial charge is 0.336 e. The minimum atomic E-state index is 0.527. The molecule has 0 aliphatic carbocycles. The van der Waals surface area contributed by atoms with Crippen molar-refractivity contribution >= 4 is 0 Å². The summed E-state index contributed by atoms with van der Waals surface area (Å²) in [7, 11) is 4.16. The molecule has 0 radical (unpaired) electrons. The smallest absolute Gasteiger partial charge is 0.0946 e. The first-order valence-electron chi connectivity index (χ1n) is 7.12. The second-order valence-electron chi connectivity index (χ2n) is 5.37. The first-order chi connectivity index (χ1) is 8.77. The topological polar surface area (TPSA) is 33.1 Å². The Morgan fingerprint density at radius 2 is 2.33 bits per heavy atom. The molecule has 0 spiro atoms. The van der Waals surface area contributed by atoms with Gasteiger partial charge in [0.2, 0.25) is 0 Å². The van der Waals surface area contributed by atoms with E-state index in [0.29, 0.717) is 12.0 Å². The Hall–Kier alpha value is -0.870. The van der Waals surface area contributed by atoms with Gasteiger partial charge in [-0.2, -0.15) is 0 Å². The van der Waals surface area contributed by atoms with Crippen LogP contribution >= 0.6 is 0 Å². The van der Waals surface area contributed by atoms with Gasteiger partial charge in [-0.1, -0.05) is 6.92 Å². The Bertz CT molecular complexity index is 342. The van der Waals surface area contributed by atoms with Crippen molar-refractivity contribution in [3.63, 3.8) is 0 Å². The molecule has 0 saturated carbocycles. The van der Waals surface area contributed by atoms with Crippen molar-refractivity contribution in [2.75, 3.05) is 26.7 Å². The van der Waals surface area contributed by atoms with Gasteiger partial charge in [-0.15, -0.1) is 0 Å². The van der Waals surface area contributed by atoms with Gasteiger partial charge in [0.25, 0.3) is 0 Å². The summed E-state index contributed by atoms with van der Waals surface area (Å²) in [5.74, 6) is 0.700. The predicted molar refractivity (Wildman–Crippen MR) is 74.5 cm³/mol. The lowest BCUT2D eigenvalue weighted by molar-refractivity contribution is 0.0874. The Kier molecular flexibility index (Phi) is 4.78. The number of rotatable bonds is 5. The molecule has 102 valence electrons. The molecule has 0 bridgehead atoms. The molecular weight excluding hydrogens is 224 g/mol. The van der Waals surface area contributed by atoms with Gasteiger partial charge < -0.3 is 9.88 Å². The maximum absolute atomic E-state index is 4.30. The first-order valence-corrected chi connectivity index (χ1v) is 7.12. The highest BCUT2D eigenvalue weighted by atomic mass is 15.2. The van der Waals surface area contributed by atoms with Gasteiger partial charge in [-0.25, -0.2) is 4.98 Å².